The van der Waals surface area contributed by atoms with Crippen molar-refractivity contribution in [1.29, 1.82) is 0 Å². The predicted molar refractivity (Wildman–Crippen MR) is 68.4 cm³/mol. The quantitative estimate of drug-likeness (QED) is 0.877. The first-order chi connectivity index (χ1) is 8.16. The summed E-state index contributed by atoms with van der Waals surface area (Å²) in [4.78, 5) is 15.8. The molecule has 1 aromatic heterocycles. The average Bonchev–Trinajstić information content (AvgIpc) is 2.35. The molecule has 0 fully saturated rings. The molecule has 0 saturated carbocycles. The van der Waals surface area contributed by atoms with E-state index in [9.17, 15) is 4.79 Å². The smallest absolute Gasteiger partial charge is 0.222 e. The molecule has 0 bridgehead atoms. The van der Waals surface area contributed by atoms with Crippen molar-refractivity contribution in [2.75, 3.05) is 0 Å². The molecule has 1 aromatic carbocycles. The fourth-order valence-corrected chi connectivity index (χ4v) is 1.61. The molecule has 2 rings (SSSR count). The Morgan fingerprint density at radius 1 is 1.35 bits per heavy atom. The summed E-state index contributed by atoms with van der Waals surface area (Å²) in [6, 6.07) is 10.0. The summed E-state index contributed by atoms with van der Waals surface area (Å²) >= 11 is 0. The molecule has 3 nitrogen and oxygen atoms in total. The lowest BCUT2D eigenvalue weighted by Gasteiger charge is -2.08. The van der Waals surface area contributed by atoms with Crippen molar-refractivity contribution in [3.8, 4) is 0 Å². The molecule has 1 amide bonds. The second-order valence-electron chi connectivity index (χ2n) is 4.41. The third-order valence-corrected chi connectivity index (χ3v) is 2.64. The van der Waals surface area contributed by atoms with Gasteiger partial charge < -0.3 is 5.32 Å². The van der Waals surface area contributed by atoms with E-state index in [1.54, 1.807) is 0 Å². The van der Waals surface area contributed by atoms with E-state index in [0.29, 0.717) is 6.54 Å². The van der Waals surface area contributed by atoms with Crippen LogP contribution < -0.4 is 5.32 Å². The van der Waals surface area contributed by atoms with Crippen LogP contribution in [0.2, 0.25) is 0 Å². The van der Waals surface area contributed by atoms with E-state index in [1.807, 2.05) is 44.3 Å². The number of rotatable bonds is 3. The van der Waals surface area contributed by atoms with Crippen molar-refractivity contribution in [2.45, 2.75) is 20.4 Å². The van der Waals surface area contributed by atoms with E-state index in [0.717, 1.165) is 16.5 Å². The first kappa shape index (κ1) is 11.6. The number of benzene rings is 1. The van der Waals surface area contributed by atoms with Gasteiger partial charge in [0.25, 0.3) is 0 Å². The van der Waals surface area contributed by atoms with Crippen LogP contribution in [0.15, 0.2) is 36.5 Å². The summed E-state index contributed by atoms with van der Waals surface area (Å²) in [7, 11) is 0. The standard InChI is InChI=1S/C14H16N2O/c1-10(2)14(17)16-9-11-7-12-5-3-4-6-13(12)15-8-11/h3-8,10H,9H2,1-2H3,(H,16,17). The first-order valence-electron chi connectivity index (χ1n) is 5.78. The molecular formula is C14H16N2O. The van der Waals surface area contributed by atoms with Gasteiger partial charge in [0.05, 0.1) is 5.52 Å². The number of para-hydroxylation sites is 1. The molecule has 1 N–H and O–H groups in total. The molecular weight excluding hydrogens is 212 g/mol. The van der Waals surface area contributed by atoms with E-state index in [1.165, 1.54) is 0 Å². The Morgan fingerprint density at radius 2 is 2.12 bits per heavy atom. The number of fused-ring (bicyclic) bond motifs is 1. The number of nitrogens with zero attached hydrogens (tertiary/aromatic N) is 1. The largest absolute Gasteiger partial charge is 0.352 e. The Kier molecular flexibility index (Phi) is 3.38. The Hall–Kier alpha value is -1.90. The number of hydrogen-bond donors (Lipinski definition) is 1. The van der Waals surface area contributed by atoms with Crippen LogP contribution in [0.25, 0.3) is 10.9 Å². The second kappa shape index (κ2) is 4.95. The fourth-order valence-electron chi connectivity index (χ4n) is 1.61. The van der Waals surface area contributed by atoms with Gasteiger partial charge >= 0.3 is 0 Å². The summed E-state index contributed by atoms with van der Waals surface area (Å²) in [5.74, 6) is 0.0848. The topological polar surface area (TPSA) is 42.0 Å². The molecule has 0 aliphatic heterocycles. The van der Waals surface area contributed by atoms with Crippen LogP contribution in [0.1, 0.15) is 19.4 Å². The van der Waals surface area contributed by atoms with Crippen molar-refractivity contribution in [3.05, 3.63) is 42.1 Å². The van der Waals surface area contributed by atoms with Gasteiger partial charge in [-0.25, -0.2) is 0 Å². The molecule has 0 aliphatic carbocycles. The number of carbonyl (C=O) groups excluding carboxylic acids is 1. The molecule has 88 valence electrons. The van der Waals surface area contributed by atoms with Crippen molar-refractivity contribution in [1.82, 2.24) is 10.3 Å². The van der Waals surface area contributed by atoms with Gasteiger partial charge in [-0.2, -0.15) is 0 Å². The molecule has 0 unspecified atom stereocenters. The zero-order valence-corrected chi connectivity index (χ0v) is 10.1. The summed E-state index contributed by atoms with van der Waals surface area (Å²) in [5, 5.41) is 3.98. The van der Waals surface area contributed by atoms with Gasteiger partial charge in [-0.3, -0.25) is 9.78 Å². The van der Waals surface area contributed by atoms with E-state index in [2.05, 4.69) is 16.4 Å². The summed E-state index contributed by atoms with van der Waals surface area (Å²) < 4.78 is 0. The van der Waals surface area contributed by atoms with E-state index >= 15 is 0 Å². The molecule has 17 heavy (non-hydrogen) atoms. The summed E-state index contributed by atoms with van der Waals surface area (Å²) in [5.41, 5.74) is 2.00. The zero-order valence-electron chi connectivity index (χ0n) is 10.1. The third kappa shape index (κ3) is 2.81. The van der Waals surface area contributed by atoms with E-state index in [4.69, 9.17) is 0 Å². The molecule has 0 aliphatic rings. The first-order valence-corrected chi connectivity index (χ1v) is 5.78. The van der Waals surface area contributed by atoms with Crippen LogP contribution in [-0.4, -0.2) is 10.9 Å². The van der Waals surface area contributed by atoms with Crippen LogP contribution in [0.3, 0.4) is 0 Å². The molecule has 0 spiro atoms. The molecule has 0 radical (unpaired) electrons. The third-order valence-electron chi connectivity index (χ3n) is 2.64. The maximum Gasteiger partial charge on any atom is 0.222 e. The van der Waals surface area contributed by atoms with Gasteiger partial charge in [-0.1, -0.05) is 32.0 Å². The highest BCUT2D eigenvalue weighted by Gasteiger charge is 2.06. The SMILES string of the molecule is CC(C)C(=O)NCc1cnc2ccccc2c1. The zero-order chi connectivity index (χ0) is 12.3. The van der Waals surface area contributed by atoms with Gasteiger partial charge in [0.1, 0.15) is 0 Å². The van der Waals surface area contributed by atoms with Gasteiger partial charge in [0.15, 0.2) is 0 Å². The molecule has 3 heteroatoms. The Morgan fingerprint density at radius 3 is 2.88 bits per heavy atom. The maximum absolute atomic E-state index is 11.4. The lowest BCUT2D eigenvalue weighted by Crippen LogP contribution is -2.27. The molecule has 1 heterocycles. The van der Waals surface area contributed by atoms with E-state index < -0.39 is 0 Å². The Bertz CT molecular complexity index is 534. The minimum Gasteiger partial charge on any atom is -0.352 e. The van der Waals surface area contributed by atoms with Crippen molar-refractivity contribution < 1.29 is 4.79 Å². The van der Waals surface area contributed by atoms with E-state index in [-0.39, 0.29) is 11.8 Å². The van der Waals surface area contributed by atoms with Gasteiger partial charge in [-0.15, -0.1) is 0 Å². The number of aromatic nitrogens is 1. The van der Waals surface area contributed by atoms with Gasteiger partial charge in [0, 0.05) is 24.0 Å². The lowest BCUT2D eigenvalue weighted by molar-refractivity contribution is -0.124. The number of pyridine rings is 1. The maximum atomic E-state index is 11.4. The Labute approximate surface area is 101 Å². The van der Waals surface area contributed by atoms with Crippen molar-refractivity contribution >= 4 is 16.8 Å². The normalized spacial score (nSPS) is 10.8. The highest BCUT2D eigenvalue weighted by molar-refractivity contribution is 5.79. The van der Waals surface area contributed by atoms with Crippen LogP contribution in [-0.2, 0) is 11.3 Å². The number of amides is 1. The minimum atomic E-state index is 0.0171. The molecule has 2 aromatic rings. The highest BCUT2D eigenvalue weighted by Crippen LogP contribution is 2.12. The van der Waals surface area contributed by atoms with Crippen LogP contribution >= 0.6 is 0 Å². The average molecular weight is 228 g/mol. The van der Waals surface area contributed by atoms with Gasteiger partial charge in [0.2, 0.25) is 5.91 Å². The summed E-state index contributed by atoms with van der Waals surface area (Å²) in [6.07, 6.45) is 1.81. The molecule has 0 atom stereocenters. The predicted octanol–water partition coefficient (Wildman–Crippen LogP) is 2.51. The number of hydrogen-bond acceptors (Lipinski definition) is 2. The van der Waals surface area contributed by atoms with Crippen molar-refractivity contribution in [2.24, 2.45) is 5.92 Å². The van der Waals surface area contributed by atoms with Crippen LogP contribution in [0.5, 0.6) is 0 Å². The summed E-state index contributed by atoms with van der Waals surface area (Å²) in [6.45, 7) is 4.30. The van der Waals surface area contributed by atoms with Crippen molar-refractivity contribution in [3.63, 3.8) is 0 Å². The van der Waals surface area contributed by atoms with Crippen LogP contribution in [0, 0.1) is 5.92 Å². The highest BCUT2D eigenvalue weighted by atomic mass is 16.1. The second-order valence-corrected chi connectivity index (χ2v) is 4.41. The monoisotopic (exact) mass is 228 g/mol. The lowest BCUT2D eigenvalue weighted by atomic mass is 10.1. The number of carbonyl (C=O) groups is 1. The van der Waals surface area contributed by atoms with Gasteiger partial charge in [-0.05, 0) is 17.7 Å². The number of nitrogens with one attached hydrogen (secondary N) is 1. The Balaban J connectivity index is 2.12. The fraction of sp³-hybridized carbons (Fsp3) is 0.286. The molecule has 0 saturated heterocycles. The van der Waals surface area contributed by atoms with Crippen LogP contribution in [0.4, 0.5) is 0 Å². The minimum absolute atomic E-state index is 0.0171.